The summed E-state index contributed by atoms with van der Waals surface area (Å²) in [5, 5.41) is 43.8. The Morgan fingerprint density at radius 3 is 2.41 bits per heavy atom. The molecule has 0 radical (unpaired) electrons. The lowest BCUT2D eigenvalue weighted by Gasteiger charge is -2.51. The lowest BCUT2D eigenvalue weighted by atomic mass is 9.75. The van der Waals surface area contributed by atoms with Gasteiger partial charge in [0.1, 0.15) is 30.0 Å². The molecule has 75 heavy (non-hydrogen) atoms. The minimum atomic E-state index is -1.14. The van der Waals surface area contributed by atoms with Gasteiger partial charge in [-0.15, -0.1) is 0 Å². The average molecular weight is 1040 g/mol. The molecule has 2 bridgehead atoms. The number of ether oxygens (including phenoxy) is 2. The number of aliphatic hydroxyl groups is 2. The predicted octanol–water partition coefficient (Wildman–Crippen LogP) is 8.21. The quantitative estimate of drug-likeness (QED) is 0.0505. The predicted molar refractivity (Wildman–Crippen MR) is 292 cm³/mol. The Hall–Kier alpha value is -5.09. The maximum Gasteiger partial charge on any atom is 0.325 e. The van der Waals surface area contributed by atoms with Gasteiger partial charge in [-0.3, -0.25) is 29.0 Å². The Bertz CT molecular complexity index is 2240. The van der Waals surface area contributed by atoms with Crippen LogP contribution in [0.1, 0.15) is 152 Å². The van der Waals surface area contributed by atoms with Gasteiger partial charge in [0.25, 0.3) is 5.91 Å². The van der Waals surface area contributed by atoms with Gasteiger partial charge in [-0.05, 0) is 112 Å². The van der Waals surface area contributed by atoms with E-state index in [2.05, 4.69) is 41.3 Å². The molecular formula is C60H91N5O10. The van der Waals surface area contributed by atoms with Crippen LogP contribution in [0.3, 0.4) is 0 Å². The minimum Gasteiger partial charge on any atom is -0.508 e. The standard InChI is InChI=1S/C60H91N5O10/c1-11-13-28-47-54(68)40(7)25-17-14-15-20-30-51(39(6)24-19-16-18-23-38(5)50(67)36-52-41(8)32-42(9)60(75-52)43(10)33-45(12-2)55(69)63-60)74-59(73)48-29-22-31-65(64-48)58(72)49(35-44-26-21-27-46(66)34-44)61-57(71)53(37(3)4)62-56(47)70/h14-17,19-21,24,26-27,32,34,37-38,40-41,43,45,47-54,64,66-68H,11-13,18,22-23,25,28-31,33,35-36H2,1-10H3,(H,61,71)(H,62,70)(H,63,69). The second-order valence-corrected chi connectivity index (χ2v) is 22.5. The number of nitrogens with one attached hydrogen (secondary N) is 4. The summed E-state index contributed by atoms with van der Waals surface area (Å²) < 4.78 is 13.0. The highest BCUT2D eigenvalue weighted by Crippen LogP contribution is 2.43. The zero-order valence-corrected chi connectivity index (χ0v) is 46.6. The van der Waals surface area contributed by atoms with Gasteiger partial charge in [-0.1, -0.05) is 129 Å². The molecule has 7 N–H and O–H groups in total. The second kappa shape index (κ2) is 28.9. The maximum atomic E-state index is 14.5. The van der Waals surface area contributed by atoms with Crippen LogP contribution in [0.5, 0.6) is 5.75 Å². The van der Waals surface area contributed by atoms with E-state index in [4.69, 9.17) is 9.47 Å². The number of esters is 1. The monoisotopic (exact) mass is 1040 g/mol. The number of cyclic esters (lactones) is 1. The zero-order valence-electron chi connectivity index (χ0n) is 46.6. The van der Waals surface area contributed by atoms with Crippen LogP contribution >= 0.6 is 0 Å². The summed E-state index contributed by atoms with van der Waals surface area (Å²) in [6, 6.07) is 3.42. The number of nitrogens with zero attached hydrogens (tertiary/aromatic N) is 1. The van der Waals surface area contributed by atoms with Gasteiger partial charge in [0.2, 0.25) is 17.7 Å². The summed E-state index contributed by atoms with van der Waals surface area (Å²) in [7, 11) is 0. The number of carbonyl (C=O) groups is 5. The molecule has 0 aliphatic carbocycles. The number of hydrazine groups is 1. The van der Waals surface area contributed by atoms with Gasteiger partial charge in [0.05, 0.1) is 24.2 Å². The highest BCUT2D eigenvalue weighted by atomic mass is 16.5. The molecule has 4 aliphatic rings. The number of allylic oxidation sites excluding steroid dienone is 6. The summed E-state index contributed by atoms with van der Waals surface area (Å²) >= 11 is 0. The number of phenols is 1. The highest BCUT2D eigenvalue weighted by Gasteiger charge is 2.51. The molecule has 4 amide bonds. The number of rotatable bonds is 15. The van der Waals surface area contributed by atoms with Crippen molar-refractivity contribution >= 4 is 29.6 Å². The number of piperidine rings is 1. The van der Waals surface area contributed by atoms with Crippen molar-refractivity contribution in [1.29, 1.82) is 0 Å². The van der Waals surface area contributed by atoms with Crippen LogP contribution in [0.15, 0.2) is 84.0 Å². The largest absolute Gasteiger partial charge is 0.508 e. The molecule has 1 spiro atoms. The molecule has 4 heterocycles. The third-order valence-corrected chi connectivity index (χ3v) is 16.1. The molecule has 1 aromatic rings. The Morgan fingerprint density at radius 1 is 0.987 bits per heavy atom. The molecule has 15 heteroatoms. The van der Waals surface area contributed by atoms with Gasteiger partial charge in [0.15, 0.2) is 5.72 Å². The molecule has 14 unspecified atom stereocenters. The van der Waals surface area contributed by atoms with E-state index in [1.165, 1.54) is 17.1 Å². The number of benzene rings is 1. The van der Waals surface area contributed by atoms with Crippen molar-refractivity contribution in [1.82, 2.24) is 26.4 Å². The van der Waals surface area contributed by atoms with Crippen LogP contribution in [0.4, 0.5) is 0 Å². The van der Waals surface area contributed by atoms with E-state index in [1.807, 2.05) is 84.1 Å². The van der Waals surface area contributed by atoms with Crippen LogP contribution in [-0.2, 0) is 39.9 Å². The van der Waals surface area contributed by atoms with E-state index in [9.17, 15) is 39.3 Å². The zero-order chi connectivity index (χ0) is 55.0. The average Bonchev–Trinajstić information content (AvgIpc) is 3.37. The third-order valence-electron chi connectivity index (χ3n) is 16.1. The van der Waals surface area contributed by atoms with Gasteiger partial charge < -0.3 is 40.7 Å². The van der Waals surface area contributed by atoms with Crippen molar-refractivity contribution in [3.05, 3.63) is 89.6 Å². The molecule has 4 aliphatic heterocycles. The lowest BCUT2D eigenvalue weighted by molar-refractivity contribution is -0.179. The summed E-state index contributed by atoms with van der Waals surface area (Å²) in [6.07, 6.45) is 20.4. The molecule has 0 saturated carbocycles. The SMILES string of the molecule is CCCCC1C(=O)NC(C(C)C)C(=O)NC(Cc2cccc(O)c2)C(=O)N2CCCC(N2)C(=O)OC(C(C)=CC=CCCC(C)C(O)CC2OC3(NC(=O)C(CC)CC3C)C(C)=CC2C)CC=CC=CCC(C)C1O. The van der Waals surface area contributed by atoms with E-state index in [1.54, 1.807) is 26.0 Å². The van der Waals surface area contributed by atoms with E-state index in [0.29, 0.717) is 56.9 Å². The number of phenolic OH excluding ortho intramolecular Hbond substituents is 1. The molecule has 2 fully saturated rings. The first kappa shape index (κ1) is 60.8. The summed E-state index contributed by atoms with van der Waals surface area (Å²) in [4.78, 5) is 69.9. The molecule has 0 aromatic heterocycles. The maximum absolute atomic E-state index is 14.5. The second-order valence-electron chi connectivity index (χ2n) is 22.5. The van der Waals surface area contributed by atoms with Crippen molar-refractivity contribution in [3.63, 3.8) is 0 Å². The van der Waals surface area contributed by atoms with Crippen molar-refractivity contribution in [2.24, 2.45) is 41.4 Å². The molecule has 1 aromatic carbocycles. The van der Waals surface area contributed by atoms with Gasteiger partial charge in [0, 0.05) is 43.6 Å². The summed E-state index contributed by atoms with van der Waals surface area (Å²) in [5.41, 5.74) is 4.66. The number of hydrogen-bond donors (Lipinski definition) is 7. The van der Waals surface area contributed by atoms with Gasteiger partial charge >= 0.3 is 5.97 Å². The van der Waals surface area contributed by atoms with E-state index < -0.39 is 71.8 Å². The third kappa shape index (κ3) is 16.7. The summed E-state index contributed by atoms with van der Waals surface area (Å²) in [5.74, 6) is -3.30. The fraction of sp³-hybridized carbons (Fsp3) is 0.650. The minimum absolute atomic E-state index is 0.00152. The van der Waals surface area contributed by atoms with Gasteiger partial charge in [-0.25, -0.2) is 5.43 Å². The van der Waals surface area contributed by atoms with Crippen LogP contribution in [0.25, 0.3) is 0 Å². The molecule has 2 saturated heterocycles. The van der Waals surface area contributed by atoms with E-state index >= 15 is 0 Å². The lowest BCUT2D eigenvalue weighted by Crippen LogP contribution is -2.64. The molecule has 416 valence electrons. The van der Waals surface area contributed by atoms with E-state index in [0.717, 1.165) is 36.8 Å². The molecule has 5 rings (SSSR count). The topological polar surface area (TPSA) is 216 Å². The number of aliphatic hydroxyl groups excluding tert-OH is 2. The van der Waals surface area contributed by atoms with Crippen molar-refractivity contribution in [2.75, 3.05) is 6.54 Å². The normalized spacial score (nSPS) is 32.0. The number of hydrogen-bond acceptors (Lipinski definition) is 11. The number of aromatic hydroxyl groups is 1. The highest BCUT2D eigenvalue weighted by molar-refractivity contribution is 5.93. The first-order chi connectivity index (χ1) is 35.7. The summed E-state index contributed by atoms with van der Waals surface area (Å²) in [6.45, 7) is 20.0. The Balaban J connectivity index is 1.32. The Kier molecular flexibility index (Phi) is 23.4. The molecule has 15 nitrogen and oxygen atoms in total. The Labute approximate surface area is 447 Å². The van der Waals surface area contributed by atoms with E-state index in [-0.39, 0.29) is 66.2 Å². The van der Waals surface area contributed by atoms with Gasteiger partial charge in [-0.2, -0.15) is 0 Å². The smallest absolute Gasteiger partial charge is 0.325 e. The first-order valence-corrected chi connectivity index (χ1v) is 28.1. The fourth-order valence-electron chi connectivity index (χ4n) is 11.0. The van der Waals surface area contributed by atoms with Crippen LogP contribution in [0.2, 0.25) is 0 Å². The fourth-order valence-corrected chi connectivity index (χ4v) is 11.0. The molecular weight excluding hydrogens is 951 g/mol. The van der Waals surface area contributed by atoms with Crippen LogP contribution in [-0.4, -0.2) is 105 Å². The molecule has 14 atom stereocenters. The van der Waals surface area contributed by atoms with Crippen molar-refractivity contribution in [2.45, 2.75) is 201 Å². The number of amides is 4. The number of fused-ring (bicyclic) bond motifs is 2. The number of carbonyl (C=O) groups excluding carboxylic acids is 5. The Morgan fingerprint density at radius 2 is 1.72 bits per heavy atom. The number of unbranched alkanes of at least 4 members (excludes halogenated alkanes) is 1. The van der Waals surface area contributed by atoms with Crippen LogP contribution < -0.4 is 21.4 Å². The van der Waals surface area contributed by atoms with Crippen molar-refractivity contribution in [3.8, 4) is 5.75 Å². The van der Waals surface area contributed by atoms with Crippen molar-refractivity contribution < 1.29 is 48.8 Å². The van der Waals surface area contributed by atoms with Crippen LogP contribution in [0, 0.1) is 41.4 Å². The first-order valence-electron chi connectivity index (χ1n) is 28.1.